The molecule has 1 fully saturated rings. The normalized spacial score (nSPS) is 25.0. The highest BCUT2D eigenvalue weighted by molar-refractivity contribution is 5.56. The fourth-order valence-electron chi connectivity index (χ4n) is 4.03. The van der Waals surface area contributed by atoms with E-state index in [9.17, 15) is 5.11 Å². The number of rotatable bonds is 5. The van der Waals surface area contributed by atoms with Crippen molar-refractivity contribution in [3.8, 4) is 0 Å². The number of nitrogens with zero attached hydrogens (tertiary/aromatic N) is 1. The highest BCUT2D eigenvalue weighted by atomic mass is 16.3. The molecule has 3 rings (SSSR count). The number of benzene rings is 2. The average Bonchev–Trinajstić information content (AvgIpc) is 2.87. The van der Waals surface area contributed by atoms with Crippen molar-refractivity contribution < 1.29 is 5.11 Å². The first-order valence-electron chi connectivity index (χ1n) is 9.17. The Morgan fingerprint density at radius 2 is 1.76 bits per heavy atom. The maximum atomic E-state index is 11.8. The van der Waals surface area contributed by atoms with E-state index in [4.69, 9.17) is 0 Å². The summed E-state index contributed by atoms with van der Waals surface area (Å²) in [7, 11) is 4.18. The highest BCUT2D eigenvalue weighted by Gasteiger charge is 2.45. The number of aryl methyl sites for hydroxylation is 1. The molecule has 2 unspecified atom stereocenters. The first-order valence-corrected chi connectivity index (χ1v) is 9.17. The minimum absolute atomic E-state index is 0.261. The van der Waals surface area contributed by atoms with E-state index < -0.39 is 5.60 Å². The van der Waals surface area contributed by atoms with E-state index in [1.807, 2.05) is 6.07 Å². The number of aliphatic hydroxyl groups is 1. The molecule has 25 heavy (non-hydrogen) atoms. The Morgan fingerprint density at radius 3 is 2.44 bits per heavy atom. The quantitative estimate of drug-likeness (QED) is 0.879. The molecule has 0 heterocycles. The summed E-state index contributed by atoms with van der Waals surface area (Å²) in [5.41, 5.74) is 4.08. The largest absolute Gasteiger partial charge is 0.385 e. The van der Waals surface area contributed by atoms with Crippen molar-refractivity contribution in [2.75, 3.05) is 20.6 Å². The second-order valence-electron chi connectivity index (χ2n) is 7.61. The molecular weight excluding hydrogens is 306 g/mol. The molecule has 2 aromatic rings. The van der Waals surface area contributed by atoms with E-state index >= 15 is 0 Å². The standard InChI is InChI=1S/C23H29NO/c1-18-9-7-8-12-20(18)16-23(25)21(13-14-22(23)17-24(2)3)15-19-10-5-4-6-11-19/h4-12,15,22,25H,13-14,16-17H2,1-3H3. The third-order valence-corrected chi connectivity index (χ3v) is 5.44. The van der Waals surface area contributed by atoms with Crippen LogP contribution in [0.1, 0.15) is 29.5 Å². The smallest absolute Gasteiger partial charge is 0.0940 e. The summed E-state index contributed by atoms with van der Waals surface area (Å²) in [5, 5.41) is 11.8. The topological polar surface area (TPSA) is 23.5 Å². The monoisotopic (exact) mass is 335 g/mol. The van der Waals surface area contributed by atoms with Gasteiger partial charge in [-0.25, -0.2) is 0 Å². The van der Waals surface area contributed by atoms with Crippen LogP contribution in [0.5, 0.6) is 0 Å². The highest BCUT2D eigenvalue weighted by Crippen LogP contribution is 2.44. The van der Waals surface area contributed by atoms with E-state index in [1.54, 1.807) is 0 Å². The van der Waals surface area contributed by atoms with E-state index in [0.717, 1.165) is 19.4 Å². The Balaban J connectivity index is 1.97. The maximum absolute atomic E-state index is 11.8. The molecule has 2 aromatic carbocycles. The van der Waals surface area contributed by atoms with Crippen molar-refractivity contribution in [3.63, 3.8) is 0 Å². The molecular formula is C23H29NO. The van der Waals surface area contributed by atoms with Gasteiger partial charge >= 0.3 is 0 Å². The lowest BCUT2D eigenvalue weighted by molar-refractivity contribution is 0.0256. The fraction of sp³-hybridized carbons (Fsp3) is 0.391. The summed E-state index contributed by atoms with van der Waals surface area (Å²) in [6, 6.07) is 18.8. The fourth-order valence-corrected chi connectivity index (χ4v) is 4.03. The summed E-state index contributed by atoms with van der Waals surface area (Å²) in [4.78, 5) is 2.19. The van der Waals surface area contributed by atoms with Gasteiger partial charge in [0, 0.05) is 18.9 Å². The van der Waals surface area contributed by atoms with Gasteiger partial charge in [-0.05, 0) is 56.1 Å². The molecule has 0 saturated heterocycles. The third-order valence-electron chi connectivity index (χ3n) is 5.44. The average molecular weight is 335 g/mol. The predicted octanol–water partition coefficient (Wildman–Crippen LogP) is 4.32. The lowest BCUT2D eigenvalue weighted by atomic mass is 9.80. The van der Waals surface area contributed by atoms with Crippen molar-refractivity contribution in [2.45, 2.75) is 31.8 Å². The van der Waals surface area contributed by atoms with Crippen LogP contribution in [0.25, 0.3) is 6.08 Å². The van der Waals surface area contributed by atoms with Crippen molar-refractivity contribution in [3.05, 3.63) is 76.9 Å². The molecule has 0 aromatic heterocycles. The zero-order valence-electron chi connectivity index (χ0n) is 15.6. The first-order chi connectivity index (χ1) is 12.0. The summed E-state index contributed by atoms with van der Waals surface area (Å²) in [6.45, 7) is 3.05. The van der Waals surface area contributed by atoms with E-state index in [2.05, 4.69) is 80.5 Å². The van der Waals surface area contributed by atoms with E-state index in [-0.39, 0.29) is 5.92 Å². The van der Waals surface area contributed by atoms with Gasteiger partial charge in [0.25, 0.3) is 0 Å². The van der Waals surface area contributed by atoms with Crippen LogP contribution >= 0.6 is 0 Å². The van der Waals surface area contributed by atoms with Crippen molar-refractivity contribution >= 4 is 6.08 Å². The van der Waals surface area contributed by atoms with Gasteiger partial charge < -0.3 is 10.0 Å². The first kappa shape index (κ1) is 17.9. The Bertz CT molecular complexity index is 735. The van der Waals surface area contributed by atoms with Crippen LogP contribution in [0, 0.1) is 12.8 Å². The predicted molar refractivity (Wildman–Crippen MR) is 106 cm³/mol. The van der Waals surface area contributed by atoms with Gasteiger partial charge in [-0.3, -0.25) is 0 Å². The Morgan fingerprint density at radius 1 is 1.08 bits per heavy atom. The molecule has 1 aliphatic carbocycles. The molecule has 2 atom stereocenters. The second-order valence-corrected chi connectivity index (χ2v) is 7.61. The van der Waals surface area contributed by atoms with Gasteiger partial charge in [-0.15, -0.1) is 0 Å². The van der Waals surface area contributed by atoms with Gasteiger partial charge in [0.15, 0.2) is 0 Å². The minimum atomic E-state index is -0.772. The van der Waals surface area contributed by atoms with Crippen molar-refractivity contribution in [1.82, 2.24) is 4.90 Å². The molecule has 0 bridgehead atoms. The SMILES string of the molecule is Cc1ccccc1CC1(O)C(=Cc2ccccc2)CCC1CN(C)C. The van der Waals surface area contributed by atoms with Crippen molar-refractivity contribution in [2.24, 2.45) is 5.92 Å². The van der Waals surface area contributed by atoms with Crippen LogP contribution < -0.4 is 0 Å². The molecule has 0 spiro atoms. The summed E-state index contributed by atoms with van der Waals surface area (Å²) >= 11 is 0. The van der Waals surface area contributed by atoms with Crippen molar-refractivity contribution in [1.29, 1.82) is 0 Å². The van der Waals surface area contributed by atoms with Gasteiger partial charge in [0.1, 0.15) is 0 Å². The van der Waals surface area contributed by atoms with Gasteiger partial charge in [0.2, 0.25) is 0 Å². The van der Waals surface area contributed by atoms with Crippen LogP contribution in [-0.2, 0) is 6.42 Å². The lowest BCUT2D eigenvalue weighted by Gasteiger charge is -2.34. The zero-order valence-corrected chi connectivity index (χ0v) is 15.6. The lowest BCUT2D eigenvalue weighted by Crippen LogP contribution is -2.42. The minimum Gasteiger partial charge on any atom is -0.385 e. The molecule has 2 nitrogen and oxygen atoms in total. The van der Waals surface area contributed by atoms with Crippen LogP contribution in [0.15, 0.2) is 60.2 Å². The molecule has 0 amide bonds. The van der Waals surface area contributed by atoms with E-state index in [1.165, 1.54) is 22.3 Å². The summed E-state index contributed by atoms with van der Waals surface area (Å²) in [5.74, 6) is 0.261. The Labute approximate surface area is 151 Å². The summed E-state index contributed by atoms with van der Waals surface area (Å²) < 4.78 is 0. The van der Waals surface area contributed by atoms with Gasteiger partial charge in [-0.1, -0.05) is 60.7 Å². The van der Waals surface area contributed by atoms with Crippen LogP contribution in [0.3, 0.4) is 0 Å². The number of hydrogen-bond donors (Lipinski definition) is 1. The zero-order chi connectivity index (χ0) is 17.9. The van der Waals surface area contributed by atoms with Gasteiger partial charge in [-0.2, -0.15) is 0 Å². The maximum Gasteiger partial charge on any atom is 0.0940 e. The Hall–Kier alpha value is -1.90. The molecule has 0 aliphatic heterocycles. The summed E-state index contributed by atoms with van der Waals surface area (Å²) in [6.07, 6.45) is 4.90. The molecule has 2 heteroatoms. The molecule has 132 valence electrons. The molecule has 1 aliphatic rings. The van der Waals surface area contributed by atoms with E-state index in [0.29, 0.717) is 6.42 Å². The number of hydrogen-bond acceptors (Lipinski definition) is 2. The van der Waals surface area contributed by atoms with Gasteiger partial charge in [0.05, 0.1) is 5.60 Å². The second kappa shape index (κ2) is 7.55. The Kier molecular flexibility index (Phi) is 5.41. The van der Waals surface area contributed by atoms with Crippen LogP contribution in [0.4, 0.5) is 0 Å². The molecule has 0 radical (unpaired) electrons. The van der Waals surface area contributed by atoms with Crippen LogP contribution in [0.2, 0.25) is 0 Å². The van der Waals surface area contributed by atoms with Crippen LogP contribution in [-0.4, -0.2) is 36.2 Å². The molecule has 1 N–H and O–H groups in total. The molecule has 1 saturated carbocycles. The third kappa shape index (κ3) is 4.02.